The molecule has 2 aromatic rings. The van der Waals surface area contributed by atoms with Crippen LogP contribution in [0.5, 0.6) is 0 Å². The minimum absolute atomic E-state index is 0.357. The van der Waals surface area contributed by atoms with Crippen LogP contribution >= 0.6 is 11.6 Å². The van der Waals surface area contributed by atoms with E-state index in [-0.39, 0.29) is 0 Å². The third-order valence-electron chi connectivity index (χ3n) is 2.05. The number of rotatable bonds is 2. The van der Waals surface area contributed by atoms with Gasteiger partial charge >= 0.3 is 0 Å². The fourth-order valence-electron chi connectivity index (χ4n) is 1.23. The van der Waals surface area contributed by atoms with Crippen LogP contribution in [0.25, 0.3) is 5.82 Å². The van der Waals surface area contributed by atoms with Gasteiger partial charge in [0.1, 0.15) is 0 Å². The zero-order valence-corrected chi connectivity index (χ0v) is 9.31. The Morgan fingerprint density at radius 2 is 2.00 bits per heavy atom. The summed E-state index contributed by atoms with van der Waals surface area (Å²) in [5.41, 5.74) is 1.01. The fourth-order valence-corrected chi connectivity index (χ4v) is 1.42. The van der Waals surface area contributed by atoms with Gasteiger partial charge in [0, 0.05) is 18.6 Å². The summed E-state index contributed by atoms with van der Waals surface area (Å²) in [5.74, 6) is 0.952. The molecule has 78 valence electrons. The molecule has 0 radical (unpaired) electrons. The van der Waals surface area contributed by atoms with E-state index in [1.807, 2.05) is 12.3 Å². The Morgan fingerprint density at radius 3 is 2.60 bits per heavy atom. The van der Waals surface area contributed by atoms with Gasteiger partial charge in [-0.05, 0) is 12.0 Å². The van der Waals surface area contributed by atoms with Crippen LogP contribution in [0.1, 0.15) is 25.5 Å². The lowest BCUT2D eigenvalue weighted by Crippen LogP contribution is -2.01. The Labute approximate surface area is 92.9 Å². The van der Waals surface area contributed by atoms with Crippen LogP contribution in [0, 0.1) is 0 Å². The summed E-state index contributed by atoms with van der Waals surface area (Å²) in [5, 5.41) is 4.73. The van der Waals surface area contributed by atoms with Gasteiger partial charge in [0.2, 0.25) is 0 Å². The zero-order chi connectivity index (χ0) is 10.8. The van der Waals surface area contributed by atoms with Crippen molar-refractivity contribution in [2.45, 2.75) is 19.8 Å². The molecule has 2 aromatic heterocycles. The maximum Gasteiger partial charge on any atom is 0.191 e. The Morgan fingerprint density at radius 1 is 1.27 bits per heavy atom. The van der Waals surface area contributed by atoms with E-state index < -0.39 is 0 Å². The lowest BCUT2D eigenvalue weighted by Gasteiger charge is -2.01. The molecule has 0 aromatic carbocycles. The SMILES string of the molecule is CC(C)c1ccn(-c2nccnc2Cl)n1. The van der Waals surface area contributed by atoms with E-state index >= 15 is 0 Å². The van der Waals surface area contributed by atoms with Gasteiger partial charge in [-0.1, -0.05) is 25.4 Å². The number of halogens is 1. The molecular formula is C10H11ClN4. The highest BCUT2D eigenvalue weighted by Gasteiger charge is 2.08. The number of hydrogen-bond acceptors (Lipinski definition) is 3. The van der Waals surface area contributed by atoms with Crippen molar-refractivity contribution in [2.75, 3.05) is 0 Å². The highest BCUT2D eigenvalue weighted by atomic mass is 35.5. The minimum Gasteiger partial charge on any atom is -0.239 e. The van der Waals surface area contributed by atoms with Gasteiger partial charge in [-0.3, -0.25) is 0 Å². The van der Waals surface area contributed by atoms with Crippen LogP contribution in [0.2, 0.25) is 5.15 Å². The van der Waals surface area contributed by atoms with Gasteiger partial charge in [-0.25, -0.2) is 14.6 Å². The number of aromatic nitrogens is 4. The molecule has 5 heteroatoms. The highest BCUT2D eigenvalue weighted by molar-refractivity contribution is 6.30. The summed E-state index contributed by atoms with van der Waals surface area (Å²) in [6.07, 6.45) is 4.99. The van der Waals surface area contributed by atoms with E-state index in [0.29, 0.717) is 16.9 Å². The first-order valence-corrected chi connectivity index (χ1v) is 5.08. The second-order valence-corrected chi connectivity index (χ2v) is 3.87. The van der Waals surface area contributed by atoms with E-state index in [1.165, 1.54) is 0 Å². The van der Waals surface area contributed by atoms with Crippen LogP contribution in [0.3, 0.4) is 0 Å². The maximum absolute atomic E-state index is 5.91. The molecule has 0 amide bonds. The van der Waals surface area contributed by atoms with Crippen LogP contribution in [0.4, 0.5) is 0 Å². The van der Waals surface area contributed by atoms with Gasteiger partial charge in [0.05, 0.1) is 5.69 Å². The maximum atomic E-state index is 5.91. The van der Waals surface area contributed by atoms with Crippen molar-refractivity contribution in [1.29, 1.82) is 0 Å². The van der Waals surface area contributed by atoms with E-state index in [0.717, 1.165) is 5.69 Å². The van der Waals surface area contributed by atoms with Crippen molar-refractivity contribution in [1.82, 2.24) is 19.7 Å². The Bertz CT molecular complexity index is 464. The molecule has 0 saturated carbocycles. The average Bonchev–Trinajstić information content (AvgIpc) is 2.67. The fraction of sp³-hybridized carbons (Fsp3) is 0.300. The van der Waals surface area contributed by atoms with Crippen molar-refractivity contribution in [2.24, 2.45) is 0 Å². The first-order valence-electron chi connectivity index (χ1n) is 4.71. The molecule has 0 spiro atoms. The monoisotopic (exact) mass is 222 g/mol. The number of nitrogens with zero attached hydrogens (tertiary/aromatic N) is 4. The highest BCUT2D eigenvalue weighted by Crippen LogP contribution is 2.16. The van der Waals surface area contributed by atoms with Crippen molar-refractivity contribution >= 4 is 11.6 Å². The van der Waals surface area contributed by atoms with E-state index in [9.17, 15) is 0 Å². The summed E-state index contributed by atoms with van der Waals surface area (Å²) in [6, 6.07) is 1.95. The minimum atomic E-state index is 0.357. The summed E-state index contributed by atoms with van der Waals surface area (Å²) in [7, 11) is 0. The van der Waals surface area contributed by atoms with E-state index in [1.54, 1.807) is 17.1 Å². The van der Waals surface area contributed by atoms with Crippen LogP contribution in [-0.4, -0.2) is 19.7 Å². The Balaban J connectivity index is 2.42. The summed E-state index contributed by atoms with van der Waals surface area (Å²) >= 11 is 5.91. The predicted molar refractivity (Wildman–Crippen MR) is 58.3 cm³/mol. The predicted octanol–water partition coefficient (Wildman–Crippen LogP) is 2.44. The van der Waals surface area contributed by atoms with Crippen molar-refractivity contribution < 1.29 is 0 Å². The second kappa shape index (κ2) is 3.98. The largest absolute Gasteiger partial charge is 0.239 e. The summed E-state index contributed by atoms with van der Waals surface area (Å²) < 4.78 is 1.64. The molecule has 0 atom stereocenters. The van der Waals surface area contributed by atoms with Gasteiger partial charge in [-0.2, -0.15) is 5.10 Å². The van der Waals surface area contributed by atoms with Gasteiger partial charge in [-0.15, -0.1) is 0 Å². The second-order valence-electron chi connectivity index (χ2n) is 3.51. The normalized spacial score (nSPS) is 10.9. The zero-order valence-electron chi connectivity index (χ0n) is 8.55. The molecule has 0 unspecified atom stereocenters. The van der Waals surface area contributed by atoms with E-state index in [4.69, 9.17) is 11.6 Å². The van der Waals surface area contributed by atoms with Crippen LogP contribution < -0.4 is 0 Å². The first kappa shape index (κ1) is 10.1. The molecule has 0 N–H and O–H groups in total. The molecule has 0 aliphatic carbocycles. The van der Waals surface area contributed by atoms with Crippen molar-refractivity contribution in [3.63, 3.8) is 0 Å². The first-order chi connectivity index (χ1) is 7.18. The third kappa shape index (κ3) is 1.99. The molecule has 0 aliphatic heterocycles. The third-order valence-corrected chi connectivity index (χ3v) is 2.32. The molecule has 0 fully saturated rings. The molecule has 0 bridgehead atoms. The quantitative estimate of drug-likeness (QED) is 0.784. The number of hydrogen-bond donors (Lipinski definition) is 0. The standard InChI is InChI=1S/C10H11ClN4/c1-7(2)8-3-6-15(14-8)10-9(11)12-4-5-13-10/h3-7H,1-2H3. The topological polar surface area (TPSA) is 43.6 Å². The molecular weight excluding hydrogens is 212 g/mol. The van der Waals surface area contributed by atoms with Crippen molar-refractivity contribution in [3.05, 3.63) is 35.5 Å². The Kier molecular flexibility index (Phi) is 2.68. The lowest BCUT2D eigenvalue weighted by atomic mass is 10.1. The van der Waals surface area contributed by atoms with Crippen LogP contribution in [0.15, 0.2) is 24.7 Å². The molecule has 0 aliphatic rings. The van der Waals surface area contributed by atoms with Crippen molar-refractivity contribution in [3.8, 4) is 5.82 Å². The smallest absolute Gasteiger partial charge is 0.191 e. The van der Waals surface area contributed by atoms with Crippen LogP contribution in [-0.2, 0) is 0 Å². The Hall–Kier alpha value is -1.42. The molecule has 15 heavy (non-hydrogen) atoms. The molecule has 2 rings (SSSR count). The molecule has 2 heterocycles. The van der Waals surface area contributed by atoms with Gasteiger partial charge in [0.15, 0.2) is 11.0 Å². The molecule has 4 nitrogen and oxygen atoms in total. The lowest BCUT2D eigenvalue weighted by molar-refractivity contribution is 0.755. The average molecular weight is 223 g/mol. The van der Waals surface area contributed by atoms with Gasteiger partial charge in [0.25, 0.3) is 0 Å². The van der Waals surface area contributed by atoms with E-state index in [2.05, 4.69) is 28.9 Å². The molecule has 0 saturated heterocycles. The summed E-state index contributed by atoms with van der Waals surface area (Å²) in [6.45, 7) is 4.18. The summed E-state index contributed by atoms with van der Waals surface area (Å²) in [4.78, 5) is 8.08. The van der Waals surface area contributed by atoms with Gasteiger partial charge < -0.3 is 0 Å².